The van der Waals surface area contributed by atoms with Crippen molar-refractivity contribution in [2.24, 2.45) is 17.8 Å². The molecule has 1 saturated carbocycles. The van der Waals surface area contributed by atoms with Gasteiger partial charge in [0, 0.05) is 17.4 Å². The van der Waals surface area contributed by atoms with E-state index in [9.17, 15) is 13.2 Å². The van der Waals surface area contributed by atoms with Crippen LogP contribution < -0.4 is 0 Å². The van der Waals surface area contributed by atoms with E-state index in [4.69, 9.17) is 9.47 Å². The van der Waals surface area contributed by atoms with Crippen molar-refractivity contribution >= 4 is 0 Å². The maximum atomic E-state index is 14.5. The molecule has 1 aliphatic heterocycles. The maximum Gasteiger partial charge on any atom is 0.184 e. The summed E-state index contributed by atoms with van der Waals surface area (Å²) < 4.78 is 52.5. The first-order valence-electron chi connectivity index (χ1n) is 10.1. The predicted molar refractivity (Wildman–Crippen MR) is 102 cm³/mol. The largest absolute Gasteiger partial charge is 0.348 e. The first-order chi connectivity index (χ1) is 13.6. The van der Waals surface area contributed by atoms with Gasteiger partial charge in [-0.05, 0) is 50.2 Å². The Kier molecular flexibility index (Phi) is 7.58. The van der Waals surface area contributed by atoms with Crippen LogP contribution >= 0.6 is 0 Å². The second kappa shape index (κ2) is 10.1. The van der Waals surface area contributed by atoms with Gasteiger partial charge in [-0.3, -0.25) is 0 Å². The fourth-order valence-corrected chi connectivity index (χ4v) is 3.89. The van der Waals surface area contributed by atoms with Crippen molar-refractivity contribution in [3.05, 3.63) is 47.3 Å². The summed E-state index contributed by atoms with van der Waals surface area (Å²) in [6.07, 6.45) is 6.80. The molecule has 0 N–H and O–H groups in total. The Balaban J connectivity index is 1.64. The zero-order chi connectivity index (χ0) is 19.9. The summed E-state index contributed by atoms with van der Waals surface area (Å²) in [4.78, 5) is 0. The second-order valence-electron chi connectivity index (χ2n) is 7.71. The number of rotatable bonds is 4. The molecular formula is C23H27F3O2. The van der Waals surface area contributed by atoms with E-state index < -0.39 is 17.9 Å². The van der Waals surface area contributed by atoms with Crippen molar-refractivity contribution in [2.75, 3.05) is 13.2 Å². The van der Waals surface area contributed by atoms with Crippen molar-refractivity contribution in [3.63, 3.8) is 0 Å². The molecule has 2 nitrogen and oxygen atoms in total. The molecule has 5 heteroatoms. The Labute approximate surface area is 165 Å². The van der Waals surface area contributed by atoms with Crippen LogP contribution in [-0.4, -0.2) is 13.2 Å². The predicted octanol–water partition coefficient (Wildman–Crippen LogP) is 6.07. The number of hydrogen-bond acceptors (Lipinski definition) is 2. The van der Waals surface area contributed by atoms with Gasteiger partial charge in [0.25, 0.3) is 0 Å². The Morgan fingerprint density at radius 2 is 1.71 bits per heavy atom. The summed E-state index contributed by atoms with van der Waals surface area (Å²) in [6.45, 7) is 3.16. The van der Waals surface area contributed by atoms with Gasteiger partial charge in [0.05, 0.1) is 25.1 Å². The highest BCUT2D eigenvalue weighted by Gasteiger charge is 2.25. The molecular weight excluding hydrogens is 365 g/mol. The zero-order valence-corrected chi connectivity index (χ0v) is 16.2. The summed E-state index contributed by atoms with van der Waals surface area (Å²) in [5.74, 6) is 4.93. The van der Waals surface area contributed by atoms with Gasteiger partial charge >= 0.3 is 0 Å². The molecule has 1 aromatic rings. The van der Waals surface area contributed by atoms with Crippen LogP contribution in [0.15, 0.2) is 24.5 Å². The Bertz CT molecular complexity index is 711. The van der Waals surface area contributed by atoms with E-state index >= 15 is 0 Å². The van der Waals surface area contributed by atoms with Crippen LogP contribution in [0.2, 0.25) is 0 Å². The average Bonchev–Trinajstić information content (AvgIpc) is 2.69. The van der Waals surface area contributed by atoms with Gasteiger partial charge in [-0.1, -0.05) is 31.3 Å². The third kappa shape index (κ3) is 5.40. The Hall–Kier alpha value is -1.77. The van der Waals surface area contributed by atoms with Gasteiger partial charge in [0.2, 0.25) is 0 Å². The number of halogens is 3. The molecule has 0 aromatic heterocycles. The molecule has 0 radical (unpaired) electrons. The number of hydrogen-bond donors (Lipinski definition) is 0. The molecule has 0 amide bonds. The quantitative estimate of drug-likeness (QED) is 0.579. The van der Waals surface area contributed by atoms with Gasteiger partial charge < -0.3 is 9.47 Å². The van der Waals surface area contributed by atoms with E-state index in [1.54, 1.807) is 6.08 Å². The van der Waals surface area contributed by atoms with Crippen molar-refractivity contribution in [2.45, 2.75) is 51.7 Å². The molecule has 2 fully saturated rings. The standard InChI is InChI=1S/C23H27F3O2/c1-2-3-18-14-27-23(28-15-18)19-12-21(25)20(22(26)13-19)9-8-16-4-6-17(7-5-16)10-11-24/h10-13,16-18,23H,2-7,14-15H2,1H3. The van der Waals surface area contributed by atoms with Crippen molar-refractivity contribution < 1.29 is 22.6 Å². The smallest absolute Gasteiger partial charge is 0.184 e. The minimum Gasteiger partial charge on any atom is -0.348 e. The summed E-state index contributed by atoms with van der Waals surface area (Å²) in [7, 11) is 0. The number of ether oxygens (including phenoxy) is 2. The molecule has 0 unspecified atom stereocenters. The molecule has 2 aliphatic rings. The SMILES string of the molecule is CCCC1COC(c2cc(F)c(C#CC3CCC(C=CF)CC3)c(F)c2)OC1. The third-order valence-corrected chi connectivity index (χ3v) is 5.52. The normalized spacial score (nSPS) is 28.1. The van der Waals surface area contributed by atoms with Crippen molar-refractivity contribution in [1.82, 2.24) is 0 Å². The molecule has 1 saturated heterocycles. The number of allylic oxidation sites excluding steroid dienone is 1. The van der Waals surface area contributed by atoms with Gasteiger partial charge in [0.15, 0.2) is 6.29 Å². The van der Waals surface area contributed by atoms with E-state index in [0.29, 0.717) is 31.0 Å². The lowest BCUT2D eigenvalue weighted by Crippen LogP contribution is -2.27. The molecule has 1 aromatic carbocycles. The Morgan fingerprint density at radius 1 is 1.07 bits per heavy atom. The van der Waals surface area contributed by atoms with Crippen LogP contribution in [0.1, 0.15) is 62.9 Å². The first-order valence-corrected chi connectivity index (χ1v) is 10.1. The lowest BCUT2D eigenvalue weighted by Gasteiger charge is -2.29. The minimum absolute atomic E-state index is 0.0863. The van der Waals surface area contributed by atoms with E-state index in [1.165, 1.54) is 12.1 Å². The van der Waals surface area contributed by atoms with Gasteiger partial charge in [-0.25, -0.2) is 13.2 Å². The van der Waals surface area contributed by atoms with Gasteiger partial charge in [-0.2, -0.15) is 0 Å². The summed E-state index contributed by atoms with van der Waals surface area (Å²) in [5, 5.41) is 0. The molecule has 1 heterocycles. The minimum atomic E-state index is -0.738. The van der Waals surface area contributed by atoms with E-state index in [-0.39, 0.29) is 17.4 Å². The van der Waals surface area contributed by atoms with Crippen LogP contribution in [0.25, 0.3) is 0 Å². The van der Waals surface area contributed by atoms with Gasteiger partial charge in [-0.15, -0.1) is 0 Å². The molecule has 0 atom stereocenters. The van der Waals surface area contributed by atoms with Crippen molar-refractivity contribution in [1.29, 1.82) is 0 Å². The van der Waals surface area contributed by atoms with Crippen LogP contribution in [0.4, 0.5) is 13.2 Å². The topological polar surface area (TPSA) is 18.5 Å². The molecule has 0 bridgehead atoms. The summed E-state index contributed by atoms with van der Waals surface area (Å²) >= 11 is 0. The first kappa shape index (κ1) is 21.0. The fraction of sp³-hybridized carbons (Fsp3) is 0.565. The van der Waals surface area contributed by atoms with E-state index in [1.807, 2.05) is 0 Å². The van der Waals surface area contributed by atoms with Gasteiger partial charge in [0.1, 0.15) is 11.6 Å². The highest BCUT2D eigenvalue weighted by molar-refractivity contribution is 5.40. The summed E-state index contributed by atoms with van der Waals surface area (Å²) in [5.41, 5.74) is 0.128. The van der Waals surface area contributed by atoms with Crippen LogP contribution in [0, 0.1) is 41.2 Å². The molecule has 0 spiro atoms. The summed E-state index contributed by atoms with van der Waals surface area (Å²) in [6, 6.07) is 2.50. The zero-order valence-electron chi connectivity index (χ0n) is 16.2. The molecule has 3 rings (SSSR count). The van der Waals surface area contributed by atoms with E-state index in [2.05, 4.69) is 18.8 Å². The molecule has 1 aliphatic carbocycles. The van der Waals surface area contributed by atoms with Crippen molar-refractivity contribution in [3.8, 4) is 11.8 Å². The monoisotopic (exact) mass is 392 g/mol. The average molecular weight is 392 g/mol. The Morgan fingerprint density at radius 3 is 2.29 bits per heavy atom. The van der Waals surface area contributed by atoms with Crippen LogP contribution in [0.5, 0.6) is 0 Å². The highest BCUT2D eigenvalue weighted by atomic mass is 19.1. The van der Waals surface area contributed by atoms with E-state index in [0.717, 1.165) is 38.5 Å². The maximum absolute atomic E-state index is 14.5. The molecule has 152 valence electrons. The third-order valence-electron chi connectivity index (χ3n) is 5.52. The lowest BCUT2D eigenvalue weighted by molar-refractivity contribution is -0.206. The van der Waals surface area contributed by atoms with Crippen LogP contribution in [-0.2, 0) is 9.47 Å². The highest BCUT2D eigenvalue weighted by Crippen LogP contribution is 2.31. The fourth-order valence-electron chi connectivity index (χ4n) is 3.89. The molecule has 28 heavy (non-hydrogen) atoms. The van der Waals surface area contributed by atoms with Crippen LogP contribution in [0.3, 0.4) is 0 Å². The second-order valence-corrected chi connectivity index (χ2v) is 7.71. The lowest BCUT2D eigenvalue weighted by atomic mass is 9.82. The number of benzene rings is 1.